The van der Waals surface area contributed by atoms with Crippen LogP contribution in [0.15, 0.2) is 4.90 Å². The first-order valence-corrected chi connectivity index (χ1v) is 9.02. The Labute approximate surface area is 128 Å². The minimum atomic E-state index is -0.350. The molecule has 0 spiro atoms. The maximum absolute atomic E-state index is 11.7. The van der Waals surface area contributed by atoms with Gasteiger partial charge in [0.15, 0.2) is 0 Å². The van der Waals surface area contributed by atoms with Crippen LogP contribution in [0.25, 0.3) is 0 Å². The first-order chi connectivity index (χ1) is 9.67. The second-order valence-corrected chi connectivity index (χ2v) is 6.87. The van der Waals surface area contributed by atoms with Crippen molar-refractivity contribution in [2.24, 2.45) is 0 Å². The van der Waals surface area contributed by atoms with Crippen LogP contribution in [-0.2, 0) is 4.74 Å². The molecule has 1 aliphatic carbocycles. The molecule has 3 N–H and O–H groups in total. The molecule has 2 rings (SSSR count). The molecule has 1 heterocycles. The van der Waals surface area contributed by atoms with E-state index in [9.17, 15) is 4.79 Å². The lowest BCUT2D eigenvalue weighted by Gasteiger charge is -2.17. The second kappa shape index (κ2) is 7.22. The van der Waals surface area contributed by atoms with Gasteiger partial charge in [-0.1, -0.05) is 25.7 Å². The molecule has 112 valence electrons. The van der Waals surface area contributed by atoms with Gasteiger partial charge in [-0.3, -0.25) is 0 Å². The predicted octanol–water partition coefficient (Wildman–Crippen LogP) is 3.97. The Morgan fingerprint density at radius 1 is 1.35 bits per heavy atom. The number of methoxy groups -OCH3 is 1. The summed E-state index contributed by atoms with van der Waals surface area (Å²) >= 11 is 2.99. The number of hydrogen-bond donors (Lipinski definition) is 2. The highest BCUT2D eigenvalue weighted by Gasteiger charge is 2.23. The fourth-order valence-corrected chi connectivity index (χ4v) is 4.60. The lowest BCUT2D eigenvalue weighted by Crippen LogP contribution is -2.17. The molecule has 0 radical (unpaired) electrons. The van der Waals surface area contributed by atoms with E-state index >= 15 is 0 Å². The van der Waals surface area contributed by atoms with Crippen LogP contribution in [0.3, 0.4) is 0 Å². The highest BCUT2D eigenvalue weighted by atomic mass is 32.2. The highest BCUT2D eigenvalue weighted by Crippen LogP contribution is 2.42. The number of nitrogen functional groups attached to an aromatic ring is 1. The van der Waals surface area contributed by atoms with Gasteiger partial charge in [-0.25, -0.2) is 4.79 Å². The van der Waals surface area contributed by atoms with Gasteiger partial charge in [-0.05, 0) is 19.1 Å². The standard InChI is InChI=1S/C14H22N2O2S2/c1-18-14(17)12-10(15)11(19-2)13(20-12)16-9-7-5-3-4-6-8-9/h9,16H,3-8,15H2,1-2H3. The third-order valence-electron chi connectivity index (χ3n) is 3.66. The van der Waals surface area contributed by atoms with E-state index in [0.717, 1.165) is 9.90 Å². The van der Waals surface area contributed by atoms with Crippen LogP contribution in [0.2, 0.25) is 0 Å². The number of anilines is 2. The van der Waals surface area contributed by atoms with Gasteiger partial charge >= 0.3 is 5.97 Å². The molecule has 0 amide bonds. The summed E-state index contributed by atoms with van der Waals surface area (Å²) in [4.78, 5) is 13.2. The Bertz CT molecular complexity index is 466. The summed E-state index contributed by atoms with van der Waals surface area (Å²) in [5.41, 5.74) is 6.62. The average Bonchev–Trinajstić information content (AvgIpc) is 2.63. The van der Waals surface area contributed by atoms with E-state index < -0.39 is 0 Å². The molecule has 1 fully saturated rings. The molecule has 1 saturated carbocycles. The minimum Gasteiger partial charge on any atom is -0.465 e. The van der Waals surface area contributed by atoms with Gasteiger partial charge < -0.3 is 15.8 Å². The van der Waals surface area contributed by atoms with Crippen LogP contribution in [0.4, 0.5) is 10.7 Å². The van der Waals surface area contributed by atoms with Crippen LogP contribution < -0.4 is 11.1 Å². The third-order valence-corrected chi connectivity index (χ3v) is 5.74. The molecule has 0 saturated heterocycles. The summed E-state index contributed by atoms with van der Waals surface area (Å²) in [7, 11) is 1.39. The summed E-state index contributed by atoms with van der Waals surface area (Å²) in [6.45, 7) is 0. The number of ether oxygens (including phenoxy) is 1. The van der Waals surface area contributed by atoms with E-state index in [2.05, 4.69) is 5.32 Å². The number of esters is 1. The molecule has 0 aromatic carbocycles. The lowest BCUT2D eigenvalue weighted by atomic mass is 10.1. The number of nitrogens with one attached hydrogen (secondary N) is 1. The van der Waals surface area contributed by atoms with E-state index in [4.69, 9.17) is 10.5 Å². The van der Waals surface area contributed by atoms with Gasteiger partial charge in [0.1, 0.15) is 9.88 Å². The van der Waals surface area contributed by atoms with Gasteiger partial charge in [0.2, 0.25) is 0 Å². The number of thioether (sulfide) groups is 1. The van der Waals surface area contributed by atoms with Crippen LogP contribution in [0.1, 0.15) is 48.2 Å². The van der Waals surface area contributed by atoms with Crippen molar-refractivity contribution in [2.75, 3.05) is 24.4 Å². The molecule has 6 heteroatoms. The number of carbonyl (C=O) groups excluding carboxylic acids is 1. The number of rotatable bonds is 4. The highest BCUT2D eigenvalue weighted by molar-refractivity contribution is 7.99. The minimum absolute atomic E-state index is 0.350. The van der Waals surface area contributed by atoms with Crippen molar-refractivity contribution < 1.29 is 9.53 Å². The number of hydrogen-bond acceptors (Lipinski definition) is 6. The van der Waals surface area contributed by atoms with Crippen LogP contribution in [0.5, 0.6) is 0 Å². The summed E-state index contributed by atoms with van der Waals surface area (Å²) < 4.78 is 4.79. The predicted molar refractivity (Wildman–Crippen MR) is 87.0 cm³/mol. The quantitative estimate of drug-likeness (QED) is 0.500. The normalized spacial score (nSPS) is 16.7. The van der Waals surface area contributed by atoms with Crippen molar-refractivity contribution in [3.8, 4) is 0 Å². The monoisotopic (exact) mass is 314 g/mol. The number of thiophene rings is 1. The Balaban J connectivity index is 2.19. The summed E-state index contributed by atoms with van der Waals surface area (Å²) in [6.07, 6.45) is 9.57. The van der Waals surface area contributed by atoms with Crippen LogP contribution in [-0.4, -0.2) is 25.4 Å². The van der Waals surface area contributed by atoms with Crippen molar-refractivity contribution in [3.63, 3.8) is 0 Å². The van der Waals surface area contributed by atoms with Gasteiger partial charge in [0.05, 0.1) is 17.7 Å². The molecule has 1 aromatic heterocycles. The molecule has 1 aliphatic rings. The smallest absolute Gasteiger partial charge is 0.350 e. The molecule has 0 bridgehead atoms. The molecule has 0 unspecified atom stereocenters. The second-order valence-electron chi connectivity index (χ2n) is 5.03. The van der Waals surface area contributed by atoms with Crippen molar-refractivity contribution in [3.05, 3.63) is 4.88 Å². The Morgan fingerprint density at radius 2 is 2.00 bits per heavy atom. The Hall–Kier alpha value is -0.880. The molecule has 0 atom stereocenters. The van der Waals surface area contributed by atoms with Gasteiger partial charge in [-0.2, -0.15) is 0 Å². The van der Waals surface area contributed by atoms with Crippen molar-refractivity contribution >= 4 is 39.8 Å². The van der Waals surface area contributed by atoms with E-state index in [0.29, 0.717) is 16.6 Å². The zero-order valence-corrected chi connectivity index (χ0v) is 13.7. The fraction of sp³-hybridized carbons (Fsp3) is 0.643. The van der Waals surface area contributed by atoms with Gasteiger partial charge in [0.25, 0.3) is 0 Å². The molecular formula is C14H22N2O2S2. The van der Waals surface area contributed by atoms with E-state index in [1.165, 1.54) is 57.0 Å². The van der Waals surface area contributed by atoms with Gasteiger partial charge in [0, 0.05) is 6.04 Å². The van der Waals surface area contributed by atoms with Gasteiger partial charge in [-0.15, -0.1) is 23.1 Å². The summed E-state index contributed by atoms with van der Waals surface area (Å²) in [5.74, 6) is -0.350. The van der Waals surface area contributed by atoms with E-state index in [-0.39, 0.29) is 5.97 Å². The Morgan fingerprint density at radius 3 is 2.55 bits per heavy atom. The lowest BCUT2D eigenvalue weighted by molar-refractivity contribution is 0.0607. The Kier molecular flexibility index (Phi) is 5.60. The van der Waals surface area contributed by atoms with Crippen molar-refractivity contribution in [1.82, 2.24) is 0 Å². The zero-order valence-electron chi connectivity index (χ0n) is 12.0. The van der Waals surface area contributed by atoms with Crippen LogP contribution >= 0.6 is 23.1 Å². The first-order valence-electron chi connectivity index (χ1n) is 6.98. The number of carbonyl (C=O) groups is 1. The summed E-state index contributed by atoms with van der Waals surface area (Å²) in [6, 6.07) is 0.493. The summed E-state index contributed by atoms with van der Waals surface area (Å²) in [5, 5.41) is 4.61. The maximum atomic E-state index is 11.7. The van der Waals surface area contributed by atoms with Crippen molar-refractivity contribution in [2.45, 2.75) is 49.5 Å². The van der Waals surface area contributed by atoms with E-state index in [1.807, 2.05) is 6.26 Å². The zero-order chi connectivity index (χ0) is 14.5. The average molecular weight is 314 g/mol. The largest absolute Gasteiger partial charge is 0.465 e. The molecular weight excluding hydrogens is 292 g/mol. The first kappa shape index (κ1) is 15.5. The van der Waals surface area contributed by atoms with Crippen molar-refractivity contribution in [1.29, 1.82) is 0 Å². The molecule has 20 heavy (non-hydrogen) atoms. The number of nitrogens with two attached hydrogens (primary N) is 1. The van der Waals surface area contributed by atoms with E-state index in [1.54, 1.807) is 11.8 Å². The molecule has 1 aromatic rings. The SMILES string of the molecule is COC(=O)c1sc(NC2CCCCCC2)c(SC)c1N. The topological polar surface area (TPSA) is 64.3 Å². The molecule has 4 nitrogen and oxygen atoms in total. The maximum Gasteiger partial charge on any atom is 0.350 e. The van der Waals surface area contributed by atoms with Crippen LogP contribution in [0, 0.1) is 0 Å². The fourth-order valence-electron chi connectivity index (χ4n) is 2.58. The third kappa shape index (κ3) is 3.41. The molecule has 0 aliphatic heterocycles.